The maximum Gasteiger partial charge on any atom is 0.227 e. The third-order valence-corrected chi connectivity index (χ3v) is 7.28. The molecule has 1 aliphatic rings. The van der Waals surface area contributed by atoms with Crippen LogP contribution in [0.3, 0.4) is 0 Å². The number of imidazole rings is 1. The number of aryl methyl sites for hydroxylation is 1. The summed E-state index contributed by atoms with van der Waals surface area (Å²) in [5.41, 5.74) is 1.69. The zero-order valence-electron chi connectivity index (χ0n) is 21.2. The average molecular weight is 501 g/mol. The van der Waals surface area contributed by atoms with Crippen LogP contribution < -0.4 is 10.7 Å². The molecular formula is C29H32N4O4. The van der Waals surface area contributed by atoms with Gasteiger partial charge in [0.25, 0.3) is 0 Å². The van der Waals surface area contributed by atoms with E-state index in [9.17, 15) is 14.7 Å². The van der Waals surface area contributed by atoms with E-state index in [2.05, 4.69) is 32.3 Å². The van der Waals surface area contributed by atoms with E-state index in [0.717, 1.165) is 17.6 Å². The molecule has 1 saturated heterocycles. The number of carbonyl (C=O) groups is 1. The number of hydrogen-bond donors (Lipinski definition) is 3. The topological polar surface area (TPSA) is 111 Å². The Balaban J connectivity index is 1.36. The van der Waals surface area contributed by atoms with Gasteiger partial charge in [0.05, 0.1) is 17.1 Å². The fourth-order valence-corrected chi connectivity index (χ4v) is 5.27. The van der Waals surface area contributed by atoms with Gasteiger partial charge in [-0.2, -0.15) is 0 Å². The summed E-state index contributed by atoms with van der Waals surface area (Å²) in [5.74, 6) is 0.711. The maximum atomic E-state index is 13.4. The monoisotopic (exact) mass is 500 g/mol. The molecule has 3 N–H and O–H groups in total. The van der Waals surface area contributed by atoms with Crippen molar-refractivity contribution in [2.24, 2.45) is 0 Å². The predicted octanol–water partition coefficient (Wildman–Crippen LogP) is 4.33. The maximum absolute atomic E-state index is 13.4. The van der Waals surface area contributed by atoms with E-state index in [1.807, 2.05) is 49.4 Å². The lowest BCUT2D eigenvalue weighted by Gasteiger charge is -2.41. The van der Waals surface area contributed by atoms with Gasteiger partial charge in [-0.3, -0.25) is 14.5 Å². The van der Waals surface area contributed by atoms with Gasteiger partial charge in [0.2, 0.25) is 17.1 Å². The van der Waals surface area contributed by atoms with Gasteiger partial charge in [-0.15, -0.1) is 0 Å². The quantitative estimate of drug-likeness (QED) is 0.348. The number of fused-ring (bicyclic) bond motifs is 1. The normalized spacial score (nSPS) is 16.5. The molecule has 192 valence electrons. The number of H-pyrrole nitrogens is 1. The Morgan fingerprint density at radius 3 is 2.59 bits per heavy atom. The Kier molecular flexibility index (Phi) is 6.84. The molecule has 4 aromatic rings. The number of para-hydroxylation sites is 2. The molecule has 37 heavy (non-hydrogen) atoms. The van der Waals surface area contributed by atoms with Gasteiger partial charge in [-0.25, -0.2) is 4.98 Å². The Labute approximate surface area is 215 Å². The molecule has 1 fully saturated rings. The molecule has 1 amide bonds. The minimum atomic E-state index is -0.792. The van der Waals surface area contributed by atoms with E-state index in [-0.39, 0.29) is 24.1 Å². The molecule has 1 aliphatic heterocycles. The summed E-state index contributed by atoms with van der Waals surface area (Å²) in [6, 6.07) is 18.9. The summed E-state index contributed by atoms with van der Waals surface area (Å²) in [5, 5.41) is 13.8. The molecule has 0 bridgehead atoms. The van der Waals surface area contributed by atoms with Crippen LogP contribution in [0.5, 0.6) is 5.75 Å². The van der Waals surface area contributed by atoms with Crippen LogP contribution in [0, 0.1) is 6.92 Å². The van der Waals surface area contributed by atoms with E-state index in [1.165, 1.54) is 11.6 Å². The largest absolute Gasteiger partial charge is 0.502 e. The lowest BCUT2D eigenvalue weighted by Crippen LogP contribution is -2.45. The first kappa shape index (κ1) is 24.8. The predicted molar refractivity (Wildman–Crippen MR) is 141 cm³/mol. The zero-order chi connectivity index (χ0) is 26.0. The van der Waals surface area contributed by atoms with Gasteiger partial charge in [0, 0.05) is 24.4 Å². The van der Waals surface area contributed by atoms with Crippen molar-refractivity contribution in [1.82, 2.24) is 20.2 Å². The number of likely N-dealkylation sites (tertiary alicyclic amines) is 1. The molecule has 0 radical (unpaired) electrons. The Morgan fingerprint density at radius 1 is 1.16 bits per heavy atom. The van der Waals surface area contributed by atoms with E-state index >= 15 is 0 Å². The summed E-state index contributed by atoms with van der Waals surface area (Å²) in [4.78, 5) is 36.0. The van der Waals surface area contributed by atoms with E-state index in [4.69, 9.17) is 4.42 Å². The number of piperidine rings is 1. The molecule has 0 unspecified atom stereocenters. The van der Waals surface area contributed by atoms with Crippen LogP contribution in [0.15, 0.2) is 69.9 Å². The van der Waals surface area contributed by atoms with Crippen LogP contribution in [0.4, 0.5) is 0 Å². The SMILES string of the molecule is Cc1cc(=O)c(O)c(C2(CC(=O)N[C@@H](C)c3nc4ccccc4[nH]3)CCN(Cc3ccccc3)CC2)o1. The van der Waals surface area contributed by atoms with Gasteiger partial charge in [-0.1, -0.05) is 42.5 Å². The highest BCUT2D eigenvalue weighted by atomic mass is 16.4. The molecular weight excluding hydrogens is 468 g/mol. The van der Waals surface area contributed by atoms with E-state index < -0.39 is 16.6 Å². The van der Waals surface area contributed by atoms with Crippen molar-refractivity contribution in [1.29, 1.82) is 0 Å². The highest BCUT2D eigenvalue weighted by Crippen LogP contribution is 2.42. The second-order valence-corrected chi connectivity index (χ2v) is 10.0. The first-order chi connectivity index (χ1) is 17.8. The number of nitrogens with zero attached hydrogens (tertiary/aromatic N) is 2. The first-order valence-corrected chi connectivity index (χ1v) is 12.7. The van der Waals surface area contributed by atoms with Crippen molar-refractivity contribution in [3.8, 4) is 5.75 Å². The number of amides is 1. The highest BCUT2D eigenvalue weighted by Gasteiger charge is 2.43. The minimum absolute atomic E-state index is 0.0939. The molecule has 2 aromatic heterocycles. The van der Waals surface area contributed by atoms with Crippen molar-refractivity contribution < 1.29 is 14.3 Å². The molecule has 3 heterocycles. The summed E-state index contributed by atoms with van der Waals surface area (Å²) in [6.45, 7) is 5.79. The molecule has 1 atom stereocenters. The number of aromatic nitrogens is 2. The Bertz CT molecular complexity index is 1420. The molecule has 8 nitrogen and oxygen atoms in total. The zero-order valence-corrected chi connectivity index (χ0v) is 21.2. The fraction of sp³-hybridized carbons (Fsp3) is 0.345. The van der Waals surface area contributed by atoms with Crippen LogP contribution >= 0.6 is 0 Å². The number of aromatic hydroxyl groups is 1. The summed E-state index contributed by atoms with van der Waals surface area (Å²) >= 11 is 0. The third-order valence-electron chi connectivity index (χ3n) is 7.28. The van der Waals surface area contributed by atoms with Crippen molar-refractivity contribution in [2.75, 3.05) is 13.1 Å². The molecule has 0 saturated carbocycles. The van der Waals surface area contributed by atoms with Crippen molar-refractivity contribution >= 4 is 16.9 Å². The molecule has 2 aromatic carbocycles. The Hall–Kier alpha value is -3.91. The molecule has 0 spiro atoms. The summed E-state index contributed by atoms with van der Waals surface area (Å²) in [6.07, 6.45) is 1.25. The van der Waals surface area contributed by atoms with Crippen LogP contribution in [0.1, 0.15) is 55.1 Å². The van der Waals surface area contributed by atoms with Gasteiger partial charge < -0.3 is 19.8 Å². The first-order valence-electron chi connectivity index (χ1n) is 12.7. The van der Waals surface area contributed by atoms with Crippen LogP contribution in [0.25, 0.3) is 11.0 Å². The fourth-order valence-electron chi connectivity index (χ4n) is 5.27. The number of benzene rings is 2. The number of carbonyl (C=O) groups excluding carboxylic acids is 1. The van der Waals surface area contributed by atoms with Crippen molar-refractivity contribution in [3.63, 3.8) is 0 Å². The van der Waals surface area contributed by atoms with Gasteiger partial charge >= 0.3 is 0 Å². The second-order valence-electron chi connectivity index (χ2n) is 10.0. The number of rotatable bonds is 7. The second kappa shape index (κ2) is 10.2. The number of nitrogens with one attached hydrogen (secondary N) is 2. The Morgan fingerprint density at radius 2 is 1.86 bits per heavy atom. The van der Waals surface area contributed by atoms with Crippen LogP contribution in [-0.4, -0.2) is 39.0 Å². The smallest absolute Gasteiger partial charge is 0.227 e. The lowest BCUT2D eigenvalue weighted by atomic mass is 9.72. The number of aromatic amines is 1. The lowest BCUT2D eigenvalue weighted by molar-refractivity contribution is -0.123. The van der Waals surface area contributed by atoms with Gasteiger partial charge in [0.1, 0.15) is 11.6 Å². The highest BCUT2D eigenvalue weighted by molar-refractivity contribution is 5.79. The van der Waals surface area contributed by atoms with E-state index in [0.29, 0.717) is 37.5 Å². The summed E-state index contributed by atoms with van der Waals surface area (Å²) < 4.78 is 5.95. The van der Waals surface area contributed by atoms with Gasteiger partial charge in [0.15, 0.2) is 5.76 Å². The minimum Gasteiger partial charge on any atom is -0.502 e. The third kappa shape index (κ3) is 5.29. The van der Waals surface area contributed by atoms with Crippen LogP contribution in [-0.2, 0) is 16.8 Å². The standard InChI is InChI=1S/C29H32N4O4/c1-19-16-24(34)26(36)27(37-19)29(12-14-33(15-13-29)18-21-8-4-3-5-9-21)17-25(35)30-20(2)28-31-22-10-6-7-11-23(22)32-28/h3-11,16,20,36H,12-15,17-18H2,1-2H3,(H,30,35)(H,31,32)/t20-/m0/s1. The molecule has 5 rings (SSSR count). The average Bonchev–Trinajstić information content (AvgIpc) is 3.33. The van der Waals surface area contributed by atoms with E-state index in [1.54, 1.807) is 6.92 Å². The molecule has 0 aliphatic carbocycles. The number of hydrogen-bond acceptors (Lipinski definition) is 6. The summed E-state index contributed by atoms with van der Waals surface area (Å²) in [7, 11) is 0. The van der Waals surface area contributed by atoms with Gasteiger partial charge in [-0.05, 0) is 57.5 Å². The van der Waals surface area contributed by atoms with Crippen molar-refractivity contribution in [3.05, 3.63) is 93.8 Å². The molecule has 8 heteroatoms. The van der Waals surface area contributed by atoms with Crippen LogP contribution in [0.2, 0.25) is 0 Å². The van der Waals surface area contributed by atoms with Crippen molar-refractivity contribution in [2.45, 2.75) is 51.1 Å².